The summed E-state index contributed by atoms with van der Waals surface area (Å²) in [6.07, 6.45) is 0.663. The van der Waals surface area contributed by atoms with Crippen molar-refractivity contribution in [3.05, 3.63) is 40.7 Å². The molecule has 0 aliphatic rings. The molecule has 0 radical (unpaired) electrons. The Bertz CT molecular complexity index is 1200. The van der Waals surface area contributed by atoms with Crippen molar-refractivity contribution in [1.29, 1.82) is 0 Å². The Morgan fingerprint density at radius 3 is 2.64 bits per heavy atom. The number of carboxylic acids is 1. The fourth-order valence-corrected chi connectivity index (χ4v) is 3.72. The van der Waals surface area contributed by atoms with E-state index in [2.05, 4.69) is 15.4 Å². The zero-order chi connectivity index (χ0) is 24.1. The van der Waals surface area contributed by atoms with Crippen LogP contribution in [0.5, 0.6) is 0 Å². The zero-order valence-corrected chi connectivity index (χ0v) is 18.9. The quantitative estimate of drug-likeness (QED) is 0.391. The van der Waals surface area contributed by atoms with Crippen molar-refractivity contribution < 1.29 is 24.2 Å². The summed E-state index contributed by atoms with van der Waals surface area (Å²) < 4.78 is 8.24. The van der Waals surface area contributed by atoms with Gasteiger partial charge < -0.3 is 20.1 Å². The fourth-order valence-electron chi connectivity index (χ4n) is 3.72. The molecule has 1 amide bonds. The van der Waals surface area contributed by atoms with Gasteiger partial charge in [-0.25, -0.2) is 9.78 Å². The third-order valence-electron chi connectivity index (χ3n) is 5.20. The van der Waals surface area contributed by atoms with Crippen molar-refractivity contribution in [3.8, 4) is 0 Å². The molecule has 33 heavy (non-hydrogen) atoms. The molecule has 0 unspecified atom stereocenters. The first-order valence-corrected chi connectivity index (χ1v) is 10.7. The number of aromatic nitrogens is 4. The van der Waals surface area contributed by atoms with Gasteiger partial charge in [-0.05, 0) is 57.0 Å². The van der Waals surface area contributed by atoms with Crippen LogP contribution in [0.15, 0.2) is 18.2 Å². The van der Waals surface area contributed by atoms with Crippen molar-refractivity contribution in [1.82, 2.24) is 19.3 Å². The highest BCUT2D eigenvalue weighted by Crippen LogP contribution is 2.27. The highest BCUT2D eigenvalue weighted by molar-refractivity contribution is 6.03. The number of amides is 1. The minimum absolute atomic E-state index is 0.127. The third-order valence-corrected chi connectivity index (χ3v) is 5.20. The molecule has 11 nitrogen and oxygen atoms in total. The Morgan fingerprint density at radius 1 is 1.24 bits per heavy atom. The number of ether oxygens (including phenoxy) is 1. The van der Waals surface area contributed by atoms with Crippen LogP contribution in [0, 0.1) is 6.92 Å². The molecule has 3 rings (SSSR count). The number of rotatable bonds is 10. The normalized spacial score (nSPS) is 11.0. The Morgan fingerprint density at radius 2 is 2.00 bits per heavy atom. The average Bonchev–Trinajstić information content (AvgIpc) is 3.34. The second-order valence-electron chi connectivity index (χ2n) is 7.56. The van der Waals surface area contributed by atoms with Gasteiger partial charge in [0.05, 0.1) is 29.4 Å². The topological polar surface area (TPSA) is 154 Å². The number of esters is 1. The van der Waals surface area contributed by atoms with Gasteiger partial charge in [-0.1, -0.05) is 0 Å². The number of fused-ring (bicyclic) bond motifs is 1. The second-order valence-corrected chi connectivity index (χ2v) is 7.56. The number of carboxylic acid groups (broad SMARTS) is 1. The number of nitrogens with zero attached hydrogens (tertiary/aromatic N) is 4. The molecule has 1 aromatic carbocycles. The van der Waals surface area contributed by atoms with E-state index in [9.17, 15) is 19.5 Å². The van der Waals surface area contributed by atoms with Gasteiger partial charge in [0, 0.05) is 19.5 Å². The molecule has 0 bridgehead atoms. The minimum atomic E-state index is -0.962. The number of anilines is 1. The summed E-state index contributed by atoms with van der Waals surface area (Å²) in [5.74, 6) is -1.61. The number of carbonyl (C=O) groups is 3. The van der Waals surface area contributed by atoms with Crippen molar-refractivity contribution in [3.63, 3.8) is 0 Å². The van der Waals surface area contributed by atoms with Crippen molar-refractivity contribution in [2.24, 2.45) is 5.73 Å². The van der Waals surface area contributed by atoms with Crippen LogP contribution in [0.25, 0.3) is 11.0 Å². The summed E-state index contributed by atoms with van der Waals surface area (Å²) in [6, 6.07) is 4.87. The van der Waals surface area contributed by atoms with Gasteiger partial charge in [0.15, 0.2) is 0 Å². The molecule has 3 aromatic rings. The van der Waals surface area contributed by atoms with Gasteiger partial charge in [-0.2, -0.15) is 5.10 Å². The molecule has 0 aliphatic heterocycles. The molecule has 0 spiro atoms. The van der Waals surface area contributed by atoms with E-state index in [1.165, 1.54) is 7.11 Å². The van der Waals surface area contributed by atoms with Crippen LogP contribution in [0.2, 0.25) is 0 Å². The fraction of sp³-hybridized carbons (Fsp3) is 0.409. The molecule has 11 heteroatoms. The number of nitrogens with one attached hydrogen (secondary N) is 1. The van der Waals surface area contributed by atoms with Gasteiger partial charge in [-0.15, -0.1) is 0 Å². The van der Waals surface area contributed by atoms with E-state index in [1.807, 2.05) is 13.8 Å². The van der Waals surface area contributed by atoms with Crippen LogP contribution in [-0.4, -0.2) is 55.9 Å². The van der Waals surface area contributed by atoms with Gasteiger partial charge >= 0.3 is 11.9 Å². The van der Waals surface area contributed by atoms with E-state index in [1.54, 1.807) is 27.4 Å². The Labute approximate surface area is 190 Å². The maximum Gasteiger partial charge on any atom is 0.337 e. The van der Waals surface area contributed by atoms with E-state index in [0.717, 1.165) is 5.69 Å². The summed E-state index contributed by atoms with van der Waals surface area (Å²) in [4.78, 5) is 41.0. The Balaban J connectivity index is 2.13. The Hall–Kier alpha value is -3.73. The largest absolute Gasteiger partial charge is 0.481 e. The highest BCUT2D eigenvalue weighted by atomic mass is 16.5. The highest BCUT2D eigenvalue weighted by Gasteiger charge is 2.21. The van der Waals surface area contributed by atoms with Crippen LogP contribution in [-0.2, 0) is 29.0 Å². The zero-order valence-electron chi connectivity index (χ0n) is 18.9. The Kier molecular flexibility index (Phi) is 7.44. The molecule has 176 valence electrons. The molecular formula is C22H28N6O5. The maximum atomic E-state index is 13.0. The molecule has 0 atom stereocenters. The molecule has 0 saturated carbocycles. The lowest BCUT2D eigenvalue weighted by molar-refractivity contribution is -0.136. The molecular weight excluding hydrogens is 428 g/mol. The molecule has 0 fully saturated rings. The maximum absolute atomic E-state index is 13.0. The number of carbonyl (C=O) groups excluding carboxylic acids is 2. The van der Waals surface area contributed by atoms with Gasteiger partial charge in [0.2, 0.25) is 5.95 Å². The average molecular weight is 457 g/mol. The number of methoxy groups -OCH3 is 1. The molecule has 0 aliphatic carbocycles. The van der Waals surface area contributed by atoms with Gasteiger partial charge in [-0.3, -0.25) is 19.6 Å². The van der Waals surface area contributed by atoms with Crippen molar-refractivity contribution in [2.75, 3.05) is 19.0 Å². The lowest BCUT2D eigenvalue weighted by Gasteiger charge is -2.13. The summed E-state index contributed by atoms with van der Waals surface area (Å²) in [5.41, 5.74) is 8.81. The van der Waals surface area contributed by atoms with Gasteiger partial charge in [0.25, 0.3) is 5.91 Å². The van der Waals surface area contributed by atoms with Crippen LogP contribution < -0.4 is 11.1 Å². The van der Waals surface area contributed by atoms with Gasteiger partial charge in [0.1, 0.15) is 5.69 Å². The summed E-state index contributed by atoms with van der Waals surface area (Å²) >= 11 is 0. The summed E-state index contributed by atoms with van der Waals surface area (Å²) in [7, 11) is 1.27. The number of hydrogen-bond acceptors (Lipinski definition) is 7. The van der Waals surface area contributed by atoms with E-state index >= 15 is 0 Å². The molecule has 2 aromatic heterocycles. The van der Waals surface area contributed by atoms with Crippen LogP contribution >= 0.6 is 0 Å². The molecule has 2 heterocycles. The first kappa shape index (κ1) is 23.9. The van der Waals surface area contributed by atoms with Crippen molar-refractivity contribution in [2.45, 2.75) is 46.2 Å². The molecule has 4 N–H and O–H groups in total. The van der Waals surface area contributed by atoms with Crippen molar-refractivity contribution >= 4 is 34.8 Å². The molecule has 0 saturated heterocycles. The smallest absolute Gasteiger partial charge is 0.337 e. The number of nitrogens with two attached hydrogens (primary N) is 1. The number of aryl methyl sites for hydroxylation is 4. The van der Waals surface area contributed by atoms with E-state index in [0.29, 0.717) is 48.3 Å². The number of benzene rings is 1. The first-order valence-electron chi connectivity index (χ1n) is 10.7. The first-order chi connectivity index (χ1) is 15.8. The van der Waals surface area contributed by atoms with Crippen LogP contribution in [0.1, 0.15) is 51.9 Å². The number of aliphatic carboxylic acids is 1. The van der Waals surface area contributed by atoms with E-state index < -0.39 is 11.9 Å². The van der Waals surface area contributed by atoms with Crippen LogP contribution in [0.3, 0.4) is 0 Å². The third kappa shape index (κ3) is 5.20. The van der Waals surface area contributed by atoms with E-state index in [-0.39, 0.29) is 30.3 Å². The summed E-state index contributed by atoms with van der Waals surface area (Å²) in [5, 5.41) is 16.3. The predicted molar refractivity (Wildman–Crippen MR) is 121 cm³/mol. The summed E-state index contributed by atoms with van der Waals surface area (Å²) in [6.45, 7) is 5.10. The minimum Gasteiger partial charge on any atom is -0.481 e. The lowest BCUT2D eigenvalue weighted by Crippen LogP contribution is -2.20. The monoisotopic (exact) mass is 456 g/mol. The van der Waals surface area contributed by atoms with Crippen LogP contribution in [0.4, 0.5) is 5.95 Å². The predicted octanol–water partition coefficient (Wildman–Crippen LogP) is 1.97. The standard InChI is InChI=1S/C22H28N6O5/c1-4-28-17(10-13(2)26-28)20(31)25-22-24-16-12-15(21(32)33-3)11-14(6-7-18(29)30)19(16)27(22)9-5-8-23/h10-12H,4-9,23H2,1-3H3,(H,29,30)(H,24,25,31). The number of imidazole rings is 1. The second kappa shape index (κ2) is 10.3. The number of hydrogen-bond donors (Lipinski definition) is 3. The lowest BCUT2D eigenvalue weighted by atomic mass is 10.0. The SMILES string of the molecule is CCn1nc(C)cc1C(=O)Nc1nc2cc(C(=O)OC)cc(CCC(=O)O)c2n1CCCN. The van der Waals surface area contributed by atoms with E-state index in [4.69, 9.17) is 10.5 Å².